The molecule has 0 spiro atoms. The Kier molecular flexibility index (Phi) is 8.98. The van der Waals surface area contributed by atoms with Gasteiger partial charge in [-0.15, -0.1) is 11.8 Å². The Morgan fingerprint density at radius 1 is 1.04 bits per heavy atom. The smallest absolute Gasteiger partial charge is 0.220 e. The molecule has 0 aromatic heterocycles. The highest BCUT2D eigenvalue weighted by Gasteiger charge is 2.07. The average molecular weight is 392 g/mol. The zero-order valence-electron chi connectivity index (χ0n) is 15.8. The van der Waals surface area contributed by atoms with Crippen molar-refractivity contribution in [1.82, 2.24) is 5.32 Å². The maximum absolute atomic E-state index is 12.9. The quantitative estimate of drug-likeness (QED) is 0.575. The van der Waals surface area contributed by atoms with Crippen LogP contribution in [0.3, 0.4) is 0 Å². The zero-order chi connectivity index (χ0) is 19.5. The van der Waals surface area contributed by atoms with Crippen molar-refractivity contribution >= 4 is 17.7 Å². The van der Waals surface area contributed by atoms with Crippen LogP contribution in [0.2, 0.25) is 0 Å². The number of carbonyl (C=O) groups excluding carboxylic acids is 1. The summed E-state index contributed by atoms with van der Waals surface area (Å²) < 4.78 is 24.0. The Morgan fingerprint density at radius 2 is 1.74 bits per heavy atom. The highest BCUT2D eigenvalue weighted by molar-refractivity contribution is 7.99. The molecular formula is C21H26FNO3S. The van der Waals surface area contributed by atoms with Gasteiger partial charge in [-0.1, -0.05) is 6.07 Å². The lowest BCUT2D eigenvalue weighted by Crippen LogP contribution is -2.25. The molecule has 1 N–H and O–H groups in total. The third-order valence-corrected chi connectivity index (χ3v) is 4.77. The van der Waals surface area contributed by atoms with Crippen LogP contribution >= 0.6 is 11.8 Å². The number of carbonyl (C=O) groups is 1. The van der Waals surface area contributed by atoms with Crippen molar-refractivity contribution in [2.75, 3.05) is 25.5 Å². The first kappa shape index (κ1) is 21.1. The third kappa shape index (κ3) is 7.51. The second-order valence-electron chi connectivity index (χ2n) is 5.80. The molecule has 2 aromatic rings. The fraction of sp³-hybridized carbons (Fsp3) is 0.381. The Labute approximate surface area is 164 Å². The lowest BCUT2D eigenvalue weighted by molar-refractivity contribution is -0.120. The van der Waals surface area contributed by atoms with Crippen LogP contribution in [0.4, 0.5) is 4.39 Å². The Bertz CT molecular complexity index is 722. The van der Waals surface area contributed by atoms with Gasteiger partial charge in [0.1, 0.15) is 5.82 Å². The molecule has 0 aliphatic carbocycles. The van der Waals surface area contributed by atoms with Crippen molar-refractivity contribution in [2.45, 2.75) is 31.6 Å². The van der Waals surface area contributed by atoms with Gasteiger partial charge in [-0.2, -0.15) is 0 Å². The third-order valence-electron chi connectivity index (χ3n) is 3.76. The van der Waals surface area contributed by atoms with Crippen LogP contribution in [0.15, 0.2) is 47.4 Å². The predicted octanol–water partition coefficient (Wildman–Crippen LogP) is 4.46. The minimum atomic E-state index is -0.251. The molecular weight excluding hydrogens is 365 g/mol. The topological polar surface area (TPSA) is 47.6 Å². The molecule has 0 aliphatic rings. The first-order valence-corrected chi connectivity index (χ1v) is 10.1. The van der Waals surface area contributed by atoms with E-state index >= 15 is 0 Å². The van der Waals surface area contributed by atoms with Crippen LogP contribution in [-0.4, -0.2) is 31.4 Å². The second-order valence-corrected chi connectivity index (χ2v) is 6.97. The summed E-state index contributed by atoms with van der Waals surface area (Å²) in [5.74, 6) is 1.90. The molecule has 0 heterocycles. The minimum absolute atomic E-state index is 0.0144. The summed E-state index contributed by atoms with van der Waals surface area (Å²) in [5, 5.41) is 2.93. The number of halogens is 1. The van der Waals surface area contributed by atoms with Gasteiger partial charge in [0.25, 0.3) is 0 Å². The highest BCUT2D eigenvalue weighted by atomic mass is 32.2. The van der Waals surface area contributed by atoms with E-state index in [1.54, 1.807) is 23.9 Å². The van der Waals surface area contributed by atoms with Crippen LogP contribution in [-0.2, 0) is 11.2 Å². The van der Waals surface area contributed by atoms with Crippen LogP contribution in [0.25, 0.3) is 0 Å². The largest absolute Gasteiger partial charge is 0.490 e. The van der Waals surface area contributed by atoms with Gasteiger partial charge in [0.05, 0.1) is 13.2 Å². The molecule has 0 unspecified atom stereocenters. The summed E-state index contributed by atoms with van der Waals surface area (Å²) in [4.78, 5) is 12.9. The first-order chi connectivity index (χ1) is 13.1. The Morgan fingerprint density at radius 3 is 2.44 bits per heavy atom. The molecule has 0 bridgehead atoms. The average Bonchev–Trinajstić information content (AvgIpc) is 2.66. The molecule has 2 rings (SSSR count). The Balaban J connectivity index is 1.72. The van der Waals surface area contributed by atoms with Gasteiger partial charge < -0.3 is 14.8 Å². The fourth-order valence-corrected chi connectivity index (χ4v) is 3.33. The SMILES string of the molecule is CCOc1ccc(CCNC(=O)CCSc2ccc(F)cc2)cc1OCC. The molecule has 0 atom stereocenters. The van der Waals surface area contributed by atoms with Gasteiger partial charge in [0.2, 0.25) is 5.91 Å². The molecule has 6 heteroatoms. The summed E-state index contributed by atoms with van der Waals surface area (Å²) in [6.45, 7) is 5.61. The number of nitrogens with one attached hydrogen (secondary N) is 1. The van der Waals surface area contributed by atoms with E-state index in [2.05, 4.69) is 5.32 Å². The van der Waals surface area contributed by atoms with Crippen molar-refractivity contribution in [2.24, 2.45) is 0 Å². The van der Waals surface area contributed by atoms with Crippen molar-refractivity contribution in [3.05, 3.63) is 53.8 Å². The predicted molar refractivity (Wildman–Crippen MR) is 107 cm³/mol. The van der Waals surface area contributed by atoms with Crippen molar-refractivity contribution < 1.29 is 18.7 Å². The molecule has 0 saturated heterocycles. The molecule has 146 valence electrons. The molecule has 4 nitrogen and oxygen atoms in total. The number of amides is 1. The Hall–Kier alpha value is -2.21. The van der Waals surface area contributed by atoms with Gasteiger partial charge >= 0.3 is 0 Å². The lowest BCUT2D eigenvalue weighted by Gasteiger charge is -2.12. The molecule has 2 aromatic carbocycles. The summed E-state index contributed by atoms with van der Waals surface area (Å²) >= 11 is 1.54. The molecule has 27 heavy (non-hydrogen) atoms. The van der Waals surface area contributed by atoms with Gasteiger partial charge in [-0.3, -0.25) is 4.79 Å². The number of rotatable bonds is 11. The summed E-state index contributed by atoms with van der Waals surface area (Å²) in [7, 11) is 0. The van der Waals surface area contributed by atoms with Crippen molar-refractivity contribution in [3.8, 4) is 11.5 Å². The second kappa shape index (κ2) is 11.5. The lowest BCUT2D eigenvalue weighted by atomic mass is 10.1. The van der Waals surface area contributed by atoms with Gasteiger partial charge in [-0.05, 0) is 62.2 Å². The zero-order valence-corrected chi connectivity index (χ0v) is 16.6. The van der Waals surface area contributed by atoms with Crippen LogP contribution < -0.4 is 14.8 Å². The molecule has 0 radical (unpaired) electrons. The van der Waals surface area contributed by atoms with Crippen LogP contribution in [0, 0.1) is 5.82 Å². The normalized spacial score (nSPS) is 10.5. The summed E-state index contributed by atoms with van der Waals surface area (Å²) in [6, 6.07) is 12.2. The number of thioether (sulfide) groups is 1. The maximum Gasteiger partial charge on any atom is 0.220 e. The number of hydrogen-bond donors (Lipinski definition) is 1. The van der Waals surface area contributed by atoms with Gasteiger partial charge in [0.15, 0.2) is 11.5 Å². The van der Waals surface area contributed by atoms with Crippen molar-refractivity contribution in [1.29, 1.82) is 0 Å². The number of ether oxygens (including phenoxy) is 2. The van der Waals surface area contributed by atoms with E-state index in [0.717, 1.165) is 28.4 Å². The number of hydrogen-bond acceptors (Lipinski definition) is 4. The van der Waals surface area contributed by atoms with Gasteiger partial charge in [-0.25, -0.2) is 4.39 Å². The minimum Gasteiger partial charge on any atom is -0.490 e. The van der Waals surface area contributed by atoms with Crippen molar-refractivity contribution in [3.63, 3.8) is 0 Å². The van der Waals surface area contributed by atoms with E-state index in [1.165, 1.54) is 12.1 Å². The van der Waals surface area contributed by atoms with E-state index in [9.17, 15) is 9.18 Å². The molecule has 0 fully saturated rings. The van der Waals surface area contributed by atoms with Crippen LogP contribution in [0.1, 0.15) is 25.8 Å². The van der Waals surface area contributed by atoms with Crippen LogP contribution in [0.5, 0.6) is 11.5 Å². The maximum atomic E-state index is 12.9. The monoisotopic (exact) mass is 391 g/mol. The molecule has 1 amide bonds. The summed E-state index contributed by atoms with van der Waals surface area (Å²) in [5.41, 5.74) is 1.09. The van der Waals surface area contributed by atoms with E-state index in [0.29, 0.717) is 31.9 Å². The van der Waals surface area contributed by atoms with E-state index in [4.69, 9.17) is 9.47 Å². The van der Waals surface area contributed by atoms with E-state index < -0.39 is 0 Å². The number of benzene rings is 2. The molecule has 0 saturated carbocycles. The van der Waals surface area contributed by atoms with Gasteiger partial charge in [0, 0.05) is 23.6 Å². The van der Waals surface area contributed by atoms with E-state index in [1.807, 2.05) is 32.0 Å². The standard InChI is InChI=1S/C21H26FNO3S/c1-3-25-19-10-5-16(15-20(19)26-4-2)11-13-23-21(24)12-14-27-18-8-6-17(22)7-9-18/h5-10,15H,3-4,11-14H2,1-2H3,(H,23,24). The summed E-state index contributed by atoms with van der Waals surface area (Å²) in [6.07, 6.45) is 1.15. The first-order valence-electron chi connectivity index (χ1n) is 9.16. The fourth-order valence-electron chi connectivity index (χ4n) is 2.48. The molecule has 0 aliphatic heterocycles. The highest BCUT2D eigenvalue weighted by Crippen LogP contribution is 2.28. The van der Waals surface area contributed by atoms with E-state index in [-0.39, 0.29) is 11.7 Å².